The summed E-state index contributed by atoms with van der Waals surface area (Å²) in [6.07, 6.45) is 4.81. The molecule has 1 aromatic carbocycles. The molecule has 0 N–H and O–H groups in total. The van der Waals surface area contributed by atoms with Crippen LogP contribution in [0.25, 0.3) is 0 Å². The molecule has 0 saturated heterocycles. The molecule has 0 aliphatic carbocycles. The van der Waals surface area contributed by atoms with Gasteiger partial charge >= 0.3 is 0 Å². The van der Waals surface area contributed by atoms with Crippen LogP contribution in [0.3, 0.4) is 0 Å². The van der Waals surface area contributed by atoms with Crippen LogP contribution in [0.4, 0.5) is 0 Å². The summed E-state index contributed by atoms with van der Waals surface area (Å²) in [5.74, 6) is 1.79. The summed E-state index contributed by atoms with van der Waals surface area (Å²) in [5.41, 5.74) is 1.40. The lowest BCUT2D eigenvalue weighted by Crippen LogP contribution is -2.00. The van der Waals surface area contributed by atoms with Crippen LogP contribution >= 0.6 is 0 Å². The third-order valence-corrected chi connectivity index (χ3v) is 2.74. The van der Waals surface area contributed by atoms with Crippen molar-refractivity contribution in [1.29, 1.82) is 0 Å². The Labute approximate surface area is 114 Å². The molecule has 0 amide bonds. The van der Waals surface area contributed by atoms with Gasteiger partial charge in [0.15, 0.2) is 0 Å². The smallest absolute Gasteiger partial charge is 0.119 e. The van der Waals surface area contributed by atoms with Crippen LogP contribution in [0.5, 0.6) is 5.75 Å². The van der Waals surface area contributed by atoms with Crippen molar-refractivity contribution >= 4 is 0 Å². The molecule has 0 fully saturated rings. The zero-order valence-corrected chi connectivity index (χ0v) is 12.8. The van der Waals surface area contributed by atoms with Crippen molar-refractivity contribution in [2.45, 2.75) is 60.3 Å². The van der Waals surface area contributed by atoms with E-state index in [1.807, 2.05) is 19.9 Å². The molecule has 0 aliphatic rings. The number of rotatable bonds is 7. The average Bonchev–Trinajstić information content (AvgIpc) is 2.39. The van der Waals surface area contributed by atoms with E-state index in [-0.39, 0.29) is 0 Å². The lowest BCUT2D eigenvalue weighted by atomic mass is 9.97. The van der Waals surface area contributed by atoms with Crippen LogP contribution in [0.2, 0.25) is 0 Å². The molecule has 1 heteroatoms. The molecule has 0 radical (unpaired) electrons. The minimum atomic E-state index is 0.770. The van der Waals surface area contributed by atoms with E-state index < -0.39 is 0 Å². The maximum Gasteiger partial charge on any atom is 0.119 e. The van der Waals surface area contributed by atoms with Crippen molar-refractivity contribution in [2.24, 2.45) is 5.92 Å². The maximum atomic E-state index is 5.64. The Morgan fingerprint density at radius 1 is 1.11 bits per heavy atom. The van der Waals surface area contributed by atoms with Crippen LogP contribution in [-0.4, -0.2) is 6.61 Å². The predicted molar refractivity (Wildman–Crippen MR) is 81.4 cm³/mol. The van der Waals surface area contributed by atoms with E-state index in [0.29, 0.717) is 0 Å². The van der Waals surface area contributed by atoms with Gasteiger partial charge < -0.3 is 4.74 Å². The van der Waals surface area contributed by atoms with Gasteiger partial charge in [0, 0.05) is 0 Å². The SMILES string of the molecule is CC.CCCOc1cccc(CC(C)CCC)c1. The van der Waals surface area contributed by atoms with E-state index in [9.17, 15) is 0 Å². The Bertz CT molecular complexity index is 293. The number of benzene rings is 1. The molecule has 0 bridgehead atoms. The Kier molecular flexibility index (Phi) is 10.5. The summed E-state index contributed by atoms with van der Waals surface area (Å²) in [7, 11) is 0. The van der Waals surface area contributed by atoms with Crippen LogP contribution in [0.1, 0.15) is 59.4 Å². The first-order valence-corrected chi connectivity index (χ1v) is 7.48. The molecule has 104 valence electrons. The van der Waals surface area contributed by atoms with Gasteiger partial charge in [-0.3, -0.25) is 0 Å². The van der Waals surface area contributed by atoms with Crippen LogP contribution in [0, 0.1) is 5.92 Å². The van der Waals surface area contributed by atoms with Crippen molar-refractivity contribution in [2.75, 3.05) is 6.61 Å². The topological polar surface area (TPSA) is 9.23 Å². The Morgan fingerprint density at radius 2 is 1.83 bits per heavy atom. The molecule has 0 heterocycles. The molecular formula is C17H30O. The summed E-state index contributed by atoms with van der Waals surface area (Å²) in [6.45, 7) is 11.5. The minimum absolute atomic E-state index is 0.770. The number of hydrogen-bond donors (Lipinski definition) is 0. The standard InChI is InChI=1S/C15H24O.C2H6/c1-4-7-13(3)11-14-8-6-9-15(12-14)16-10-5-2;1-2/h6,8-9,12-13H,4-5,7,10-11H2,1-3H3;1-2H3. The molecule has 1 nitrogen and oxygen atoms in total. The highest BCUT2D eigenvalue weighted by Gasteiger charge is 2.03. The lowest BCUT2D eigenvalue weighted by molar-refractivity contribution is 0.317. The van der Waals surface area contributed by atoms with Gasteiger partial charge in [0.05, 0.1) is 6.61 Å². The second-order valence-electron chi connectivity index (χ2n) is 4.59. The fourth-order valence-electron chi connectivity index (χ4n) is 1.98. The highest BCUT2D eigenvalue weighted by Crippen LogP contribution is 2.18. The van der Waals surface area contributed by atoms with E-state index in [1.165, 1.54) is 18.4 Å². The van der Waals surface area contributed by atoms with E-state index >= 15 is 0 Å². The summed E-state index contributed by atoms with van der Waals surface area (Å²) in [4.78, 5) is 0. The lowest BCUT2D eigenvalue weighted by Gasteiger charge is -2.11. The first-order chi connectivity index (χ1) is 8.76. The zero-order valence-electron chi connectivity index (χ0n) is 12.8. The molecule has 0 spiro atoms. The number of hydrogen-bond acceptors (Lipinski definition) is 1. The maximum absolute atomic E-state index is 5.64. The summed E-state index contributed by atoms with van der Waals surface area (Å²) in [6, 6.07) is 8.52. The van der Waals surface area contributed by atoms with Crippen molar-refractivity contribution in [3.8, 4) is 5.75 Å². The second kappa shape index (κ2) is 11.1. The van der Waals surface area contributed by atoms with Gasteiger partial charge in [0.1, 0.15) is 5.75 Å². The van der Waals surface area contributed by atoms with Crippen LogP contribution in [0.15, 0.2) is 24.3 Å². The predicted octanol–water partition coefficient (Wildman–Crippen LogP) is 5.48. The molecular weight excluding hydrogens is 220 g/mol. The molecule has 0 saturated carbocycles. The second-order valence-corrected chi connectivity index (χ2v) is 4.59. The fraction of sp³-hybridized carbons (Fsp3) is 0.647. The third-order valence-electron chi connectivity index (χ3n) is 2.74. The van der Waals surface area contributed by atoms with E-state index in [4.69, 9.17) is 4.74 Å². The van der Waals surface area contributed by atoms with Gasteiger partial charge in [-0.25, -0.2) is 0 Å². The van der Waals surface area contributed by atoms with Gasteiger partial charge in [0.25, 0.3) is 0 Å². The van der Waals surface area contributed by atoms with Crippen LogP contribution < -0.4 is 4.74 Å². The van der Waals surface area contributed by atoms with Gasteiger partial charge in [0.2, 0.25) is 0 Å². The summed E-state index contributed by atoms with van der Waals surface area (Å²) >= 11 is 0. The minimum Gasteiger partial charge on any atom is -0.494 e. The van der Waals surface area contributed by atoms with Crippen molar-refractivity contribution in [3.05, 3.63) is 29.8 Å². The Balaban J connectivity index is 0.00000137. The molecule has 0 aromatic heterocycles. The molecule has 18 heavy (non-hydrogen) atoms. The molecule has 1 atom stereocenters. The number of ether oxygens (including phenoxy) is 1. The fourth-order valence-corrected chi connectivity index (χ4v) is 1.98. The molecule has 1 rings (SSSR count). The van der Waals surface area contributed by atoms with Gasteiger partial charge in [-0.15, -0.1) is 0 Å². The van der Waals surface area contributed by atoms with Gasteiger partial charge in [-0.05, 0) is 36.5 Å². The van der Waals surface area contributed by atoms with Crippen LogP contribution in [-0.2, 0) is 6.42 Å². The monoisotopic (exact) mass is 250 g/mol. The van der Waals surface area contributed by atoms with E-state index in [2.05, 4.69) is 39.0 Å². The molecule has 1 aromatic rings. The third kappa shape index (κ3) is 7.37. The highest BCUT2D eigenvalue weighted by molar-refractivity contribution is 5.28. The van der Waals surface area contributed by atoms with Crippen molar-refractivity contribution in [1.82, 2.24) is 0 Å². The quantitative estimate of drug-likeness (QED) is 0.622. The van der Waals surface area contributed by atoms with Crippen molar-refractivity contribution in [3.63, 3.8) is 0 Å². The Hall–Kier alpha value is -0.980. The average molecular weight is 250 g/mol. The molecule has 0 aliphatic heterocycles. The zero-order chi connectivity index (χ0) is 13.8. The van der Waals surface area contributed by atoms with Crippen molar-refractivity contribution < 1.29 is 4.74 Å². The Morgan fingerprint density at radius 3 is 2.44 bits per heavy atom. The van der Waals surface area contributed by atoms with Gasteiger partial charge in [-0.1, -0.05) is 59.6 Å². The molecule has 1 unspecified atom stereocenters. The first kappa shape index (κ1) is 17.0. The highest BCUT2D eigenvalue weighted by atomic mass is 16.5. The normalized spacial score (nSPS) is 11.4. The largest absolute Gasteiger partial charge is 0.494 e. The summed E-state index contributed by atoms with van der Waals surface area (Å²) in [5, 5.41) is 0. The van der Waals surface area contributed by atoms with E-state index in [0.717, 1.165) is 31.1 Å². The van der Waals surface area contributed by atoms with Gasteiger partial charge in [-0.2, -0.15) is 0 Å². The van der Waals surface area contributed by atoms with E-state index in [1.54, 1.807) is 0 Å². The summed E-state index contributed by atoms with van der Waals surface area (Å²) < 4.78 is 5.64. The first-order valence-electron chi connectivity index (χ1n) is 7.48.